The quantitative estimate of drug-likeness (QED) is 0.684. The van der Waals surface area contributed by atoms with Crippen molar-refractivity contribution in [3.05, 3.63) is 94.3 Å². The zero-order valence-corrected chi connectivity index (χ0v) is 16.4. The first-order valence-electron chi connectivity index (χ1n) is 9.56. The highest BCUT2D eigenvalue weighted by molar-refractivity contribution is 6.00. The number of halogens is 1. The van der Waals surface area contributed by atoms with Gasteiger partial charge in [-0.25, -0.2) is 4.39 Å². The standard InChI is InChI=1S/C24H20FNO4/c1-14-21(11-10-18-20(27)12-13-29-22(14)18)30-23(17-4-2-3-5-19(17)25)15-6-8-16(9-7-15)24(26)28/h2-11,23H,12-13H2,1H3,(H2,26,28). The summed E-state index contributed by atoms with van der Waals surface area (Å²) in [5.74, 6) is 0.0511. The predicted octanol–water partition coefficient (Wildman–Crippen LogP) is 4.37. The van der Waals surface area contributed by atoms with Crippen LogP contribution in [0.2, 0.25) is 0 Å². The third kappa shape index (κ3) is 3.64. The van der Waals surface area contributed by atoms with Gasteiger partial charge < -0.3 is 15.2 Å². The summed E-state index contributed by atoms with van der Waals surface area (Å²) >= 11 is 0. The van der Waals surface area contributed by atoms with E-state index >= 15 is 0 Å². The van der Waals surface area contributed by atoms with Crippen LogP contribution < -0.4 is 15.2 Å². The molecule has 1 unspecified atom stereocenters. The summed E-state index contributed by atoms with van der Waals surface area (Å²) < 4.78 is 26.6. The number of carbonyl (C=O) groups is 2. The molecule has 0 spiro atoms. The van der Waals surface area contributed by atoms with E-state index in [0.717, 1.165) is 0 Å². The van der Waals surface area contributed by atoms with Gasteiger partial charge in [0.2, 0.25) is 5.91 Å². The van der Waals surface area contributed by atoms with E-state index in [4.69, 9.17) is 15.2 Å². The SMILES string of the molecule is Cc1c(OC(c2ccc(C(N)=O)cc2)c2ccccc2F)ccc2c1OCCC2=O. The maximum absolute atomic E-state index is 14.6. The largest absolute Gasteiger partial charge is 0.492 e. The molecule has 0 bridgehead atoms. The second-order valence-electron chi connectivity index (χ2n) is 7.09. The maximum atomic E-state index is 14.6. The highest BCUT2D eigenvalue weighted by atomic mass is 19.1. The average Bonchev–Trinajstić information content (AvgIpc) is 2.75. The van der Waals surface area contributed by atoms with E-state index in [2.05, 4.69) is 0 Å². The van der Waals surface area contributed by atoms with Gasteiger partial charge >= 0.3 is 0 Å². The lowest BCUT2D eigenvalue weighted by Crippen LogP contribution is -2.17. The first kappa shape index (κ1) is 19.6. The van der Waals surface area contributed by atoms with Gasteiger partial charge in [-0.3, -0.25) is 9.59 Å². The number of Topliss-reactive ketones (excluding diaryl/α,β-unsaturated/α-hetero) is 1. The van der Waals surface area contributed by atoms with Gasteiger partial charge in [-0.05, 0) is 42.8 Å². The second kappa shape index (κ2) is 7.99. The molecule has 3 aromatic carbocycles. The number of primary amides is 1. The number of fused-ring (bicyclic) bond motifs is 1. The molecule has 1 aliphatic rings. The number of carbonyl (C=O) groups excluding carboxylic acids is 2. The Bertz CT molecular complexity index is 1120. The number of nitrogens with two attached hydrogens (primary N) is 1. The van der Waals surface area contributed by atoms with Crippen LogP contribution in [-0.4, -0.2) is 18.3 Å². The fourth-order valence-corrected chi connectivity index (χ4v) is 3.54. The molecule has 0 saturated carbocycles. The molecule has 152 valence electrons. The molecule has 2 N–H and O–H groups in total. The molecule has 5 nitrogen and oxygen atoms in total. The molecule has 30 heavy (non-hydrogen) atoms. The van der Waals surface area contributed by atoms with Crippen molar-refractivity contribution in [2.24, 2.45) is 5.73 Å². The lowest BCUT2D eigenvalue weighted by Gasteiger charge is -2.25. The lowest BCUT2D eigenvalue weighted by atomic mass is 9.98. The minimum atomic E-state index is -0.774. The molecule has 0 aliphatic carbocycles. The second-order valence-corrected chi connectivity index (χ2v) is 7.09. The molecule has 1 amide bonds. The number of hydrogen-bond acceptors (Lipinski definition) is 4. The molecule has 0 aromatic heterocycles. The summed E-state index contributed by atoms with van der Waals surface area (Å²) in [6.07, 6.45) is -0.430. The summed E-state index contributed by atoms with van der Waals surface area (Å²) in [5, 5.41) is 0. The minimum Gasteiger partial charge on any atom is -0.492 e. The van der Waals surface area contributed by atoms with Crippen molar-refractivity contribution in [2.75, 3.05) is 6.61 Å². The first-order valence-corrected chi connectivity index (χ1v) is 9.56. The number of ketones is 1. The third-order valence-electron chi connectivity index (χ3n) is 5.16. The van der Waals surface area contributed by atoms with Gasteiger partial charge in [0.1, 0.15) is 17.3 Å². The molecule has 3 aromatic rings. The van der Waals surface area contributed by atoms with Crippen LogP contribution in [0.1, 0.15) is 49.9 Å². The van der Waals surface area contributed by atoms with Crippen LogP contribution in [0.3, 0.4) is 0 Å². The maximum Gasteiger partial charge on any atom is 0.248 e. The molecule has 0 radical (unpaired) electrons. The summed E-state index contributed by atoms with van der Waals surface area (Å²) in [4.78, 5) is 23.5. The zero-order valence-electron chi connectivity index (χ0n) is 16.4. The van der Waals surface area contributed by atoms with Crippen LogP contribution in [0, 0.1) is 12.7 Å². The Morgan fingerprint density at radius 3 is 2.53 bits per heavy atom. The van der Waals surface area contributed by atoms with Crippen molar-refractivity contribution in [2.45, 2.75) is 19.4 Å². The first-order chi connectivity index (χ1) is 14.5. The van der Waals surface area contributed by atoms with Crippen LogP contribution in [0.4, 0.5) is 4.39 Å². The van der Waals surface area contributed by atoms with Crippen LogP contribution in [0.15, 0.2) is 60.7 Å². The van der Waals surface area contributed by atoms with Crippen molar-refractivity contribution in [1.82, 2.24) is 0 Å². The van der Waals surface area contributed by atoms with E-state index in [1.54, 1.807) is 61.5 Å². The smallest absolute Gasteiger partial charge is 0.248 e. The van der Waals surface area contributed by atoms with E-state index in [1.807, 2.05) is 0 Å². The number of ether oxygens (including phenoxy) is 2. The number of amides is 1. The predicted molar refractivity (Wildman–Crippen MR) is 109 cm³/mol. The number of benzene rings is 3. The summed E-state index contributed by atoms with van der Waals surface area (Å²) in [6, 6.07) is 16.3. The van der Waals surface area contributed by atoms with E-state index < -0.39 is 17.8 Å². The third-order valence-corrected chi connectivity index (χ3v) is 5.16. The van der Waals surface area contributed by atoms with Crippen LogP contribution in [-0.2, 0) is 0 Å². The fraction of sp³-hybridized carbons (Fsp3) is 0.167. The van der Waals surface area contributed by atoms with Gasteiger partial charge in [0, 0.05) is 23.1 Å². The summed E-state index contributed by atoms with van der Waals surface area (Å²) in [6.45, 7) is 2.13. The minimum absolute atomic E-state index is 0.0265. The highest BCUT2D eigenvalue weighted by Gasteiger charge is 2.25. The molecule has 6 heteroatoms. The van der Waals surface area contributed by atoms with Crippen LogP contribution in [0.5, 0.6) is 11.5 Å². The van der Waals surface area contributed by atoms with E-state index in [1.165, 1.54) is 6.07 Å². The molecule has 1 aliphatic heterocycles. The molecule has 0 saturated heterocycles. The Morgan fingerprint density at radius 2 is 1.83 bits per heavy atom. The van der Waals surface area contributed by atoms with Gasteiger partial charge in [0.05, 0.1) is 12.2 Å². The van der Waals surface area contributed by atoms with Crippen molar-refractivity contribution < 1.29 is 23.5 Å². The molecular weight excluding hydrogens is 385 g/mol. The topological polar surface area (TPSA) is 78.6 Å². The van der Waals surface area contributed by atoms with Gasteiger partial charge in [0.25, 0.3) is 0 Å². The lowest BCUT2D eigenvalue weighted by molar-refractivity contribution is 0.0931. The molecule has 0 fully saturated rings. The summed E-state index contributed by atoms with van der Waals surface area (Å²) in [5.41, 5.74) is 7.87. The normalized spacial score (nSPS) is 13.9. The molecule has 1 heterocycles. The highest BCUT2D eigenvalue weighted by Crippen LogP contribution is 2.38. The number of rotatable bonds is 5. The monoisotopic (exact) mass is 405 g/mol. The summed E-state index contributed by atoms with van der Waals surface area (Å²) in [7, 11) is 0. The van der Waals surface area contributed by atoms with Gasteiger partial charge in [-0.1, -0.05) is 30.3 Å². The fourth-order valence-electron chi connectivity index (χ4n) is 3.54. The molecular formula is C24H20FNO4. The Balaban J connectivity index is 1.77. The zero-order chi connectivity index (χ0) is 21.3. The Hall–Kier alpha value is -3.67. The number of hydrogen-bond donors (Lipinski definition) is 1. The van der Waals surface area contributed by atoms with E-state index in [9.17, 15) is 14.0 Å². The van der Waals surface area contributed by atoms with E-state index in [0.29, 0.717) is 52.3 Å². The van der Waals surface area contributed by atoms with Crippen molar-refractivity contribution in [1.29, 1.82) is 0 Å². The Kier molecular flexibility index (Phi) is 5.23. The van der Waals surface area contributed by atoms with Crippen molar-refractivity contribution >= 4 is 11.7 Å². The van der Waals surface area contributed by atoms with Gasteiger partial charge in [-0.2, -0.15) is 0 Å². The average molecular weight is 405 g/mol. The molecule has 4 rings (SSSR count). The Labute approximate surface area is 173 Å². The van der Waals surface area contributed by atoms with Crippen LogP contribution >= 0.6 is 0 Å². The van der Waals surface area contributed by atoms with Crippen molar-refractivity contribution in [3.63, 3.8) is 0 Å². The van der Waals surface area contributed by atoms with Crippen LogP contribution in [0.25, 0.3) is 0 Å². The van der Waals surface area contributed by atoms with E-state index in [-0.39, 0.29) is 5.78 Å². The molecule has 1 atom stereocenters. The Morgan fingerprint density at radius 1 is 1.10 bits per heavy atom. The van der Waals surface area contributed by atoms with Gasteiger partial charge in [0.15, 0.2) is 11.9 Å². The van der Waals surface area contributed by atoms with Gasteiger partial charge in [-0.15, -0.1) is 0 Å². The van der Waals surface area contributed by atoms with Crippen molar-refractivity contribution in [3.8, 4) is 11.5 Å².